The minimum absolute atomic E-state index is 0.0260. The van der Waals surface area contributed by atoms with Crippen LogP contribution in [-0.4, -0.2) is 27.0 Å². The maximum atomic E-state index is 11.2. The Balaban J connectivity index is 2.21. The Morgan fingerprint density at radius 2 is 2.32 bits per heavy atom. The molecule has 0 aromatic carbocycles. The lowest BCUT2D eigenvalue weighted by molar-refractivity contribution is -0.384. The zero-order valence-electron chi connectivity index (χ0n) is 10.5. The highest BCUT2D eigenvalue weighted by atomic mass is 16.6. The average molecular weight is 265 g/mol. The summed E-state index contributed by atoms with van der Waals surface area (Å²) in [6.07, 6.45) is 2.52. The molecule has 1 heterocycles. The summed E-state index contributed by atoms with van der Waals surface area (Å²) in [6, 6.07) is 2.03. The van der Waals surface area contributed by atoms with E-state index >= 15 is 0 Å². The van der Waals surface area contributed by atoms with E-state index in [2.05, 4.69) is 10.3 Å². The molecule has 0 amide bonds. The Labute approximate surface area is 109 Å². The van der Waals surface area contributed by atoms with Crippen LogP contribution in [0.1, 0.15) is 25.0 Å². The van der Waals surface area contributed by atoms with Gasteiger partial charge in [-0.15, -0.1) is 0 Å². The number of carbonyl (C=O) groups is 1. The lowest BCUT2D eigenvalue weighted by Gasteiger charge is -2.14. The van der Waals surface area contributed by atoms with E-state index in [-0.39, 0.29) is 11.5 Å². The molecule has 2 N–H and O–H groups in total. The first-order chi connectivity index (χ1) is 8.97. The van der Waals surface area contributed by atoms with Crippen LogP contribution in [0.25, 0.3) is 0 Å². The quantitative estimate of drug-likeness (QED) is 0.601. The maximum absolute atomic E-state index is 11.2. The molecule has 1 aliphatic rings. The highest BCUT2D eigenvalue weighted by Gasteiger charge is 2.30. The molecule has 0 saturated heterocycles. The largest absolute Gasteiger partial charge is 0.480 e. The van der Waals surface area contributed by atoms with Crippen molar-refractivity contribution < 1.29 is 14.8 Å². The predicted octanol–water partition coefficient (Wildman–Crippen LogP) is 1.96. The number of hydrogen-bond acceptors (Lipinski definition) is 5. The molecule has 1 aromatic rings. The number of hydrogen-bond donors (Lipinski definition) is 2. The number of nitro groups is 1. The summed E-state index contributed by atoms with van der Waals surface area (Å²) in [5.41, 5.74) is 0.399. The number of pyridine rings is 1. The van der Waals surface area contributed by atoms with Gasteiger partial charge in [-0.3, -0.25) is 10.1 Å². The van der Waals surface area contributed by atoms with Crippen molar-refractivity contribution in [2.75, 3.05) is 5.32 Å². The van der Waals surface area contributed by atoms with Gasteiger partial charge in [0.05, 0.1) is 4.92 Å². The van der Waals surface area contributed by atoms with Crippen LogP contribution in [0.2, 0.25) is 0 Å². The van der Waals surface area contributed by atoms with Crippen molar-refractivity contribution in [2.24, 2.45) is 5.92 Å². The van der Waals surface area contributed by atoms with Gasteiger partial charge in [0.1, 0.15) is 6.04 Å². The Kier molecular flexibility index (Phi) is 3.64. The molecule has 1 saturated carbocycles. The molecule has 102 valence electrons. The van der Waals surface area contributed by atoms with Crippen LogP contribution < -0.4 is 5.32 Å². The van der Waals surface area contributed by atoms with Crippen molar-refractivity contribution in [3.8, 4) is 0 Å². The highest BCUT2D eigenvalue weighted by molar-refractivity contribution is 5.78. The van der Waals surface area contributed by atoms with Gasteiger partial charge in [0.25, 0.3) is 0 Å². The molecule has 1 fully saturated rings. The summed E-state index contributed by atoms with van der Waals surface area (Å²) in [5.74, 6) is -0.583. The van der Waals surface area contributed by atoms with E-state index in [9.17, 15) is 14.9 Å². The summed E-state index contributed by atoms with van der Waals surface area (Å²) < 4.78 is 0. The second-order valence-corrected chi connectivity index (χ2v) is 4.79. The molecule has 1 aromatic heterocycles. The van der Waals surface area contributed by atoms with Crippen molar-refractivity contribution in [3.63, 3.8) is 0 Å². The van der Waals surface area contributed by atoms with Gasteiger partial charge in [0.15, 0.2) is 0 Å². The SMILES string of the molecule is Cc1ccc([N+](=O)[O-])c(NC(CC2CC2)C(=O)O)n1. The van der Waals surface area contributed by atoms with Gasteiger partial charge in [-0.2, -0.15) is 0 Å². The number of aliphatic carboxylic acids is 1. The van der Waals surface area contributed by atoms with Crippen LogP contribution in [-0.2, 0) is 4.79 Å². The van der Waals surface area contributed by atoms with E-state index < -0.39 is 16.9 Å². The molecular weight excluding hydrogens is 250 g/mol. The number of anilines is 1. The monoisotopic (exact) mass is 265 g/mol. The molecule has 0 spiro atoms. The van der Waals surface area contributed by atoms with Crippen molar-refractivity contribution in [2.45, 2.75) is 32.2 Å². The van der Waals surface area contributed by atoms with Gasteiger partial charge in [-0.05, 0) is 25.3 Å². The fourth-order valence-corrected chi connectivity index (χ4v) is 1.88. The molecule has 7 heteroatoms. The number of aryl methyl sites for hydroxylation is 1. The zero-order valence-corrected chi connectivity index (χ0v) is 10.5. The van der Waals surface area contributed by atoms with Crippen LogP contribution in [0.3, 0.4) is 0 Å². The van der Waals surface area contributed by atoms with E-state index in [0.29, 0.717) is 18.0 Å². The zero-order chi connectivity index (χ0) is 14.0. The van der Waals surface area contributed by atoms with E-state index in [1.54, 1.807) is 6.92 Å². The molecule has 2 rings (SSSR count). The molecule has 7 nitrogen and oxygen atoms in total. The number of aromatic nitrogens is 1. The molecule has 0 aliphatic heterocycles. The number of carboxylic acid groups (broad SMARTS) is 1. The fraction of sp³-hybridized carbons (Fsp3) is 0.500. The van der Waals surface area contributed by atoms with Crippen LogP contribution in [0.15, 0.2) is 12.1 Å². The van der Waals surface area contributed by atoms with Crippen molar-refractivity contribution >= 4 is 17.5 Å². The van der Waals surface area contributed by atoms with E-state index in [1.165, 1.54) is 12.1 Å². The summed E-state index contributed by atoms with van der Waals surface area (Å²) in [7, 11) is 0. The third kappa shape index (κ3) is 3.40. The topological polar surface area (TPSA) is 105 Å². The van der Waals surface area contributed by atoms with E-state index in [4.69, 9.17) is 5.11 Å². The maximum Gasteiger partial charge on any atom is 0.326 e. The average Bonchev–Trinajstić information content (AvgIpc) is 3.11. The summed E-state index contributed by atoms with van der Waals surface area (Å²) in [6.45, 7) is 1.70. The van der Waals surface area contributed by atoms with Gasteiger partial charge in [0, 0.05) is 11.8 Å². The Morgan fingerprint density at radius 3 is 2.84 bits per heavy atom. The smallest absolute Gasteiger partial charge is 0.326 e. The van der Waals surface area contributed by atoms with Crippen LogP contribution in [0.4, 0.5) is 11.5 Å². The van der Waals surface area contributed by atoms with E-state index in [1.807, 2.05) is 0 Å². The second-order valence-electron chi connectivity index (χ2n) is 4.79. The Hall–Kier alpha value is -2.18. The lowest BCUT2D eigenvalue weighted by Crippen LogP contribution is -2.30. The van der Waals surface area contributed by atoms with Gasteiger partial charge in [0.2, 0.25) is 5.82 Å². The molecule has 1 aliphatic carbocycles. The normalized spacial score (nSPS) is 15.8. The van der Waals surface area contributed by atoms with Crippen LogP contribution >= 0.6 is 0 Å². The minimum Gasteiger partial charge on any atom is -0.480 e. The first-order valence-electron chi connectivity index (χ1n) is 6.08. The molecular formula is C12H15N3O4. The fourth-order valence-electron chi connectivity index (χ4n) is 1.88. The van der Waals surface area contributed by atoms with Crippen LogP contribution in [0, 0.1) is 23.0 Å². The summed E-state index contributed by atoms with van der Waals surface area (Å²) >= 11 is 0. The molecule has 1 unspecified atom stereocenters. The standard InChI is InChI=1S/C12H15N3O4/c1-7-2-5-10(15(18)19)11(13-7)14-9(12(16)17)6-8-3-4-8/h2,5,8-9H,3-4,6H2,1H3,(H,13,14)(H,16,17). The molecule has 1 atom stereocenters. The van der Waals surface area contributed by atoms with Crippen molar-refractivity contribution in [1.82, 2.24) is 4.98 Å². The summed E-state index contributed by atoms with van der Waals surface area (Å²) in [5, 5.41) is 22.7. The Bertz CT molecular complexity index is 514. The summed E-state index contributed by atoms with van der Waals surface area (Å²) in [4.78, 5) is 25.5. The first-order valence-corrected chi connectivity index (χ1v) is 6.08. The highest BCUT2D eigenvalue weighted by Crippen LogP contribution is 2.34. The number of carboxylic acids is 1. The minimum atomic E-state index is -1.01. The molecule has 0 bridgehead atoms. The van der Waals surface area contributed by atoms with Gasteiger partial charge in [-0.1, -0.05) is 12.8 Å². The molecule has 0 radical (unpaired) electrons. The van der Waals surface area contributed by atoms with E-state index in [0.717, 1.165) is 12.8 Å². The van der Waals surface area contributed by atoms with Gasteiger partial charge in [-0.25, -0.2) is 9.78 Å². The predicted molar refractivity (Wildman–Crippen MR) is 68.0 cm³/mol. The third-order valence-electron chi connectivity index (χ3n) is 3.08. The van der Waals surface area contributed by atoms with Gasteiger partial charge < -0.3 is 10.4 Å². The first kappa shape index (κ1) is 13.3. The Morgan fingerprint density at radius 1 is 1.63 bits per heavy atom. The van der Waals surface area contributed by atoms with Gasteiger partial charge >= 0.3 is 11.7 Å². The molecule has 19 heavy (non-hydrogen) atoms. The second kappa shape index (κ2) is 5.21. The lowest BCUT2D eigenvalue weighted by atomic mass is 10.1. The van der Waals surface area contributed by atoms with Crippen LogP contribution in [0.5, 0.6) is 0 Å². The number of rotatable bonds is 6. The number of nitrogens with zero attached hydrogens (tertiary/aromatic N) is 2. The third-order valence-corrected chi connectivity index (χ3v) is 3.08. The van der Waals surface area contributed by atoms with Crippen molar-refractivity contribution in [1.29, 1.82) is 0 Å². The van der Waals surface area contributed by atoms with Crippen molar-refractivity contribution in [3.05, 3.63) is 27.9 Å². The number of nitrogens with one attached hydrogen (secondary N) is 1.